The largest absolute Gasteiger partial charge is 1.00 e. The van der Waals surface area contributed by atoms with Crippen molar-refractivity contribution in [3.8, 4) is 0 Å². The summed E-state index contributed by atoms with van der Waals surface area (Å²) in [5.41, 5.74) is 0. The molecular formula is C8H24KO4P. The smallest absolute Gasteiger partial charge is 1.00 e. The average Bonchev–Trinajstić information content (AvgIpc) is 1.50. The van der Waals surface area contributed by atoms with Gasteiger partial charge in [0.15, 0.2) is 0 Å². The first-order valence-corrected chi connectivity index (χ1v) is 5.81. The van der Waals surface area contributed by atoms with E-state index in [1.807, 2.05) is 0 Å². The molecule has 6 heteroatoms. The van der Waals surface area contributed by atoms with Crippen molar-refractivity contribution in [2.24, 2.45) is 11.8 Å². The minimum absolute atomic E-state index is 0. The van der Waals surface area contributed by atoms with E-state index in [1.165, 1.54) is 0 Å². The molecule has 86 valence electrons. The van der Waals surface area contributed by atoms with E-state index in [-0.39, 0.29) is 52.8 Å². The summed E-state index contributed by atoms with van der Waals surface area (Å²) in [5.74, 6) is 1.67. The number of rotatable bonds is 0. The maximum atomic E-state index is 8.88. The molecule has 0 bridgehead atoms. The van der Waals surface area contributed by atoms with Crippen LogP contribution in [0.4, 0.5) is 0 Å². The fraction of sp³-hybridized carbons (Fsp3) is 1.00. The molecule has 0 aliphatic rings. The second kappa shape index (κ2) is 14.7. The molecule has 0 rings (SSSR count). The third kappa shape index (κ3) is 732. The van der Waals surface area contributed by atoms with E-state index in [2.05, 4.69) is 41.5 Å². The molecular weight excluding hydrogens is 230 g/mol. The zero-order chi connectivity index (χ0) is 11.7. The number of phosphoric acid groups is 1. The van der Waals surface area contributed by atoms with Crippen LogP contribution in [0, 0.1) is 11.8 Å². The minimum atomic E-state index is -4.64. The second-order valence-electron chi connectivity index (χ2n) is 3.98. The second-order valence-corrected chi connectivity index (χ2v) is 5.00. The molecule has 0 unspecified atom stereocenters. The Morgan fingerprint density at radius 1 is 0.857 bits per heavy atom. The Bertz CT molecular complexity index is 119. The molecule has 0 saturated heterocycles. The van der Waals surface area contributed by atoms with E-state index in [4.69, 9.17) is 19.2 Å². The summed E-state index contributed by atoms with van der Waals surface area (Å²) in [6, 6.07) is 0. The van der Waals surface area contributed by atoms with Crippen LogP contribution in [0.1, 0.15) is 43.0 Å². The summed E-state index contributed by atoms with van der Waals surface area (Å²) in [7, 11) is -4.64. The van der Waals surface area contributed by atoms with Crippen LogP contribution in [-0.2, 0) is 4.57 Å². The van der Waals surface area contributed by atoms with Crippen molar-refractivity contribution < 1.29 is 72.1 Å². The Kier molecular flexibility index (Phi) is 26.1. The van der Waals surface area contributed by atoms with Gasteiger partial charge in [0.25, 0.3) is 0 Å². The Morgan fingerprint density at radius 3 is 0.857 bits per heavy atom. The van der Waals surface area contributed by atoms with E-state index in [1.54, 1.807) is 0 Å². The van der Waals surface area contributed by atoms with Crippen molar-refractivity contribution >= 4 is 7.82 Å². The first-order valence-electron chi connectivity index (χ1n) is 4.25. The van der Waals surface area contributed by atoms with E-state index in [9.17, 15) is 0 Å². The van der Waals surface area contributed by atoms with Crippen LogP contribution in [-0.4, -0.2) is 14.7 Å². The first-order chi connectivity index (χ1) is 5.46. The zero-order valence-electron chi connectivity index (χ0n) is 11.4. The van der Waals surface area contributed by atoms with Crippen LogP contribution in [0.25, 0.3) is 0 Å². The fourth-order valence-electron chi connectivity index (χ4n) is 0. The van der Waals surface area contributed by atoms with Crippen LogP contribution in [0.3, 0.4) is 0 Å². The van der Waals surface area contributed by atoms with Crippen LogP contribution >= 0.6 is 7.82 Å². The summed E-state index contributed by atoms with van der Waals surface area (Å²) in [6.07, 6.45) is 0. The van der Waals surface area contributed by atoms with Crippen LogP contribution < -0.4 is 51.4 Å². The Morgan fingerprint density at radius 2 is 0.857 bits per heavy atom. The summed E-state index contributed by atoms with van der Waals surface area (Å²) >= 11 is 0. The third-order valence-electron chi connectivity index (χ3n) is 0. The molecule has 0 aliphatic carbocycles. The van der Waals surface area contributed by atoms with Gasteiger partial charge in [-0.15, -0.1) is 0 Å². The molecule has 0 spiro atoms. The summed E-state index contributed by atoms with van der Waals surface area (Å²) in [6.45, 7) is 13.0. The van der Waals surface area contributed by atoms with E-state index in [0.29, 0.717) is 0 Å². The summed E-state index contributed by atoms with van der Waals surface area (Å²) in [5, 5.41) is 0. The standard InChI is InChI=1S/2C4H10.K.H3O4P.H/c2*1-4(2)3;;1-5(2,3)4;/h2*4H,1-3H3;;(H3,1,2,3,4);/q;;+1;;-1. The van der Waals surface area contributed by atoms with Crippen molar-refractivity contribution in [3.63, 3.8) is 0 Å². The molecule has 0 aromatic rings. The first kappa shape index (κ1) is 24.8. The van der Waals surface area contributed by atoms with Gasteiger partial charge in [-0.2, -0.15) is 0 Å². The van der Waals surface area contributed by atoms with Crippen molar-refractivity contribution in [1.29, 1.82) is 0 Å². The summed E-state index contributed by atoms with van der Waals surface area (Å²) < 4.78 is 8.88. The maximum Gasteiger partial charge on any atom is 1.00 e. The molecule has 0 aliphatic heterocycles. The summed E-state index contributed by atoms with van der Waals surface area (Å²) in [4.78, 5) is 21.6. The van der Waals surface area contributed by atoms with E-state index < -0.39 is 7.82 Å². The molecule has 3 N–H and O–H groups in total. The molecule has 0 fully saturated rings. The van der Waals surface area contributed by atoms with Gasteiger partial charge in [0.2, 0.25) is 0 Å². The van der Waals surface area contributed by atoms with Gasteiger partial charge in [-0.3, -0.25) is 0 Å². The molecule has 0 amide bonds. The van der Waals surface area contributed by atoms with Crippen LogP contribution in [0.5, 0.6) is 0 Å². The molecule has 0 saturated carbocycles. The molecule has 0 atom stereocenters. The molecule has 0 aromatic carbocycles. The minimum Gasteiger partial charge on any atom is -1.00 e. The molecule has 14 heavy (non-hydrogen) atoms. The topological polar surface area (TPSA) is 77.8 Å². The van der Waals surface area contributed by atoms with Gasteiger partial charge in [-0.1, -0.05) is 41.5 Å². The zero-order valence-corrected chi connectivity index (χ0v) is 14.4. The third-order valence-corrected chi connectivity index (χ3v) is 0. The fourth-order valence-corrected chi connectivity index (χ4v) is 0. The van der Waals surface area contributed by atoms with Gasteiger partial charge in [0, 0.05) is 0 Å². The van der Waals surface area contributed by atoms with Crippen LogP contribution in [0.2, 0.25) is 0 Å². The maximum absolute atomic E-state index is 8.88. The van der Waals surface area contributed by atoms with Crippen molar-refractivity contribution in [3.05, 3.63) is 0 Å². The predicted molar refractivity (Wildman–Crippen MR) is 56.4 cm³/mol. The quantitative estimate of drug-likeness (QED) is 0.403. The van der Waals surface area contributed by atoms with Gasteiger partial charge >= 0.3 is 59.2 Å². The van der Waals surface area contributed by atoms with Crippen molar-refractivity contribution in [2.75, 3.05) is 0 Å². The SMILES string of the molecule is CC(C)C.CC(C)C.O=P(O)(O)O.[H-].[K+]. The monoisotopic (exact) mass is 254 g/mol. The molecule has 0 radical (unpaired) electrons. The Hall–Kier alpha value is 1.75. The molecule has 4 nitrogen and oxygen atoms in total. The van der Waals surface area contributed by atoms with Crippen molar-refractivity contribution in [1.82, 2.24) is 0 Å². The van der Waals surface area contributed by atoms with Gasteiger partial charge in [-0.25, -0.2) is 4.57 Å². The average molecular weight is 254 g/mol. The van der Waals surface area contributed by atoms with Gasteiger partial charge in [0.1, 0.15) is 0 Å². The number of hydrogen-bond acceptors (Lipinski definition) is 1. The predicted octanol–water partition coefficient (Wildman–Crippen LogP) is -0.487. The van der Waals surface area contributed by atoms with E-state index >= 15 is 0 Å². The molecule has 0 heterocycles. The Labute approximate surface area is 132 Å². The molecule has 0 aromatic heterocycles. The van der Waals surface area contributed by atoms with Crippen molar-refractivity contribution in [2.45, 2.75) is 41.5 Å². The van der Waals surface area contributed by atoms with Crippen LogP contribution in [0.15, 0.2) is 0 Å². The number of hydrogen-bond donors (Lipinski definition) is 3. The van der Waals surface area contributed by atoms with Gasteiger partial charge in [-0.05, 0) is 11.8 Å². The Balaban J connectivity index is -0.0000000315. The normalized spacial score (nSPS) is 9.36. The van der Waals surface area contributed by atoms with E-state index in [0.717, 1.165) is 11.8 Å². The van der Waals surface area contributed by atoms with Gasteiger partial charge < -0.3 is 16.1 Å². The van der Waals surface area contributed by atoms with Gasteiger partial charge in [0.05, 0.1) is 0 Å².